The zero-order chi connectivity index (χ0) is 12.5. The molecule has 17 heavy (non-hydrogen) atoms. The highest BCUT2D eigenvalue weighted by molar-refractivity contribution is 5.74. The molecule has 1 N–H and O–H groups in total. The fraction of sp³-hybridized carbons (Fsp3) is 0.500. The number of ether oxygens (including phenoxy) is 1. The van der Waals surface area contributed by atoms with Crippen molar-refractivity contribution in [3.8, 4) is 0 Å². The second-order valence-electron chi connectivity index (χ2n) is 4.71. The number of hydrogen-bond donors (Lipinski definition) is 1. The van der Waals surface area contributed by atoms with E-state index in [2.05, 4.69) is 0 Å². The Morgan fingerprint density at radius 1 is 1.41 bits per heavy atom. The molecule has 2 atom stereocenters. The summed E-state index contributed by atoms with van der Waals surface area (Å²) >= 11 is 0. The Bertz CT molecular complexity index is 397. The maximum Gasteiger partial charge on any atom is 0.311 e. The first kappa shape index (κ1) is 12.1. The van der Waals surface area contributed by atoms with Crippen molar-refractivity contribution >= 4 is 5.97 Å². The lowest BCUT2D eigenvalue weighted by Gasteiger charge is -2.33. The molecule has 3 nitrogen and oxygen atoms in total. The third kappa shape index (κ3) is 2.07. The lowest BCUT2D eigenvalue weighted by Crippen LogP contribution is -2.40. The molecule has 1 aliphatic rings. The number of carbonyl (C=O) groups excluding carboxylic acids is 1. The molecule has 2 unspecified atom stereocenters. The molecule has 0 amide bonds. The zero-order valence-corrected chi connectivity index (χ0v) is 10.2. The van der Waals surface area contributed by atoms with Crippen LogP contribution in [0.2, 0.25) is 0 Å². The minimum atomic E-state index is -1.09. The van der Waals surface area contributed by atoms with Crippen LogP contribution in [0.5, 0.6) is 0 Å². The largest absolute Gasteiger partial charge is 0.469 e. The van der Waals surface area contributed by atoms with Crippen LogP contribution in [0.15, 0.2) is 30.3 Å². The van der Waals surface area contributed by atoms with E-state index < -0.39 is 11.5 Å². The van der Waals surface area contributed by atoms with Crippen molar-refractivity contribution in [2.24, 2.45) is 11.8 Å². The Kier molecular flexibility index (Phi) is 3.20. The molecule has 1 aliphatic carbocycles. The van der Waals surface area contributed by atoms with Crippen molar-refractivity contribution < 1.29 is 14.6 Å². The molecule has 1 aromatic carbocycles. The number of carbonyl (C=O) groups is 1. The van der Waals surface area contributed by atoms with Crippen molar-refractivity contribution in [2.45, 2.75) is 25.4 Å². The van der Waals surface area contributed by atoms with Gasteiger partial charge in [0.05, 0.1) is 13.0 Å². The van der Waals surface area contributed by atoms with Gasteiger partial charge in [-0.2, -0.15) is 0 Å². The third-order valence-electron chi connectivity index (χ3n) is 3.65. The second kappa shape index (κ2) is 4.49. The van der Waals surface area contributed by atoms with Gasteiger partial charge < -0.3 is 9.84 Å². The van der Waals surface area contributed by atoms with Gasteiger partial charge in [-0.1, -0.05) is 30.3 Å². The summed E-state index contributed by atoms with van der Waals surface area (Å²) in [7, 11) is 1.36. The summed E-state index contributed by atoms with van der Waals surface area (Å²) in [5.74, 6) is -0.732. The molecule has 2 rings (SSSR count). The molecule has 0 spiro atoms. The fourth-order valence-electron chi connectivity index (χ4n) is 2.42. The Morgan fingerprint density at radius 3 is 2.47 bits per heavy atom. The fourth-order valence-corrected chi connectivity index (χ4v) is 2.42. The molecule has 1 aromatic rings. The summed E-state index contributed by atoms with van der Waals surface area (Å²) in [6.45, 7) is 1.73. The van der Waals surface area contributed by atoms with E-state index in [9.17, 15) is 9.90 Å². The number of methoxy groups -OCH3 is 1. The van der Waals surface area contributed by atoms with Gasteiger partial charge in [0, 0.05) is 0 Å². The smallest absolute Gasteiger partial charge is 0.311 e. The molecule has 0 radical (unpaired) electrons. The average molecular weight is 234 g/mol. The normalized spacial score (nSPS) is 20.4. The van der Waals surface area contributed by atoms with Crippen LogP contribution in [0.3, 0.4) is 0 Å². The average Bonchev–Trinajstić information content (AvgIpc) is 3.21. The van der Waals surface area contributed by atoms with Gasteiger partial charge in [-0.05, 0) is 31.2 Å². The quantitative estimate of drug-likeness (QED) is 0.811. The summed E-state index contributed by atoms with van der Waals surface area (Å²) in [4.78, 5) is 11.7. The summed E-state index contributed by atoms with van der Waals surface area (Å²) in [5.41, 5.74) is -0.283. The summed E-state index contributed by atoms with van der Waals surface area (Å²) in [5, 5.41) is 10.9. The van der Waals surface area contributed by atoms with Gasteiger partial charge in [-0.25, -0.2) is 0 Å². The highest BCUT2D eigenvalue weighted by atomic mass is 16.5. The monoisotopic (exact) mass is 234 g/mol. The van der Waals surface area contributed by atoms with E-state index in [1.54, 1.807) is 6.92 Å². The topological polar surface area (TPSA) is 46.5 Å². The Labute approximate surface area is 101 Å². The number of aliphatic hydroxyl groups is 1. The third-order valence-corrected chi connectivity index (χ3v) is 3.65. The first-order valence-corrected chi connectivity index (χ1v) is 5.96. The van der Waals surface area contributed by atoms with Crippen LogP contribution in [-0.4, -0.2) is 18.2 Å². The van der Waals surface area contributed by atoms with Gasteiger partial charge >= 0.3 is 5.97 Å². The van der Waals surface area contributed by atoms with Crippen molar-refractivity contribution in [2.75, 3.05) is 7.11 Å². The van der Waals surface area contributed by atoms with E-state index in [4.69, 9.17) is 4.74 Å². The molecule has 1 fully saturated rings. The molecule has 3 heteroatoms. The molecular weight excluding hydrogens is 216 g/mol. The second-order valence-corrected chi connectivity index (χ2v) is 4.71. The van der Waals surface area contributed by atoms with E-state index in [-0.39, 0.29) is 11.9 Å². The maximum atomic E-state index is 11.7. The SMILES string of the molecule is COC(=O)C(C)C(O)(c1ccccc1)C1CC1. The van der Waals surface area contributed by atoms with E-state index in [0.717, 1.165) is 18.4 Å². The zero-order valence-electron chi connectivity index (χ0n) is 10.2. The summed E-state index contributed by atoms with van der Waals surface area (Å²) in [6.07, 6.45) is 1.93. The first-order chi connectivity index (χ1) is 8.10. The molecule has 0 saturated heterocycles. The van der Waals surface area contributed by atoms with E-state index in [1.807, 2.05) is 30.3 Å². The van der Waals surface area contributed by atoms with Crippen molar-refractivity contribution in [3.05, 3.63) is 35.9 Å². The lowest BCUT2D eigenvalue weighted by atomic mass is 9.78. The minimum absolute atomic E-state index is 0.166. The van der Waals surface area contributed by atoms with Crippen LogP contribution >= 0.6 is 0 Å². The van der Waals surface area contributed by atoms with Gasteiger partial charge in [0.25, 0.3) is 0 Å². The molecule has 0 aromatic heterocycles. The molecule has 0 heterocycles. The van der Waals surface area contributed by atoms with Gasteiger partial charge in [-0.15, -0.1) is 0 Å². The minimum Gasteiger partial charge on any atom is -0.469 e. The van der Waals surface area contributed by atoms with Crippen molar-refractivity contribution in [1.82, 2.24) is 0 Å². The van der Waals surface area contributed by atoms with Crippen LogP contribution < -0.4 is 0 Å². The highest BCUT2D eigenvalue weighted by Crippen LogP contribution is 2.50. The molecular formula is C14H18O3. The highest BCUT2D eigenvalue weighted by Gasteiger charge is 2.51. The number of esters is 1. The van der Waals surface area contributed by atoms with Gasteiger partial charge in [0.1, 0.15) is 5.60 Å². The van der Waals surface area contributed by atoms with E-state index >= 15 is 0 Å². The predicted octanol–water partition coefficient (Wildman–Crippen LogP) is 2.09. The van der Waals surface area contributed by atoms with Gasteiger partial charge in [-0.3, -0.25) is 4.79 Å². The van der Waals surface area contributed by atoms with E-state index in [0.29, 0.717) is 0 Å². The molecule has 1 saturated carbocycles. The van der Waals surface area contributed by atoms with Crippen LogP contribution in [-0.2, 0) is 15.1 Å². The van der Waals surface area contributed by atoms with Crippen molar-refractivity contribution in [3.63, 3.8) is 0 Å². The van der Waals surface area contributed by atoms with E-state index in [1.165, 1.54) is 7.11 Å². The Morgan fingerprint density at radius 2 is 2.00 bits per heavy atom. The van der Waals surface area contributed by atoms with Gasteiger partial charge in [0.15, 0.2) is 0 Å². The number of rotatable bonds is 4. The summed E-state index contributed by atoms with van der Waals surface area (Å²) < 4.78 is 4.76. The maximum absolute atomic E-state index is 11.7. The Hall–Kier alpha value is -1.35. The van der Waals surface area contributed by atoms with Crippen molar-refractivity contribution in [1.29, 1.82) is 0 Å². The predicted molar refractivity (Wildman–Crippen MR) is 64.2 cm³/mol. The number of hydrogen-bond acceptors (Lipinski definition) is 3. The molecule has 0 aliphatic heterocycles. The van der Waals surface area contributed by atoms with Crippen LogP contribution in [0.25, 0.3) is 0 Å². The molecule has 0 bridgehead atoms. The van der Waals surface area contributed by atoms with Gasteiger partial charge in [0.2, 0.25) is 0 Å². The standard InChI is InChI=1S/C14H18O3/c1-10(13(15)17-2)14(16,12-8-9-12)11-6-4-3-5-7-11/h3-7,10,12,16H,8-9H2,1-2H3. The van der Waals surface area contributed by atoms with Crippen LogP contribution in [0.4, 0.5) is 0 Å². The number of benzene rings is 1. The Balaban J connectivity index is 2.36. The first-order valence-electron chi connectivity index (χ1n) is 5.96. The van der Waals surface area contributed by atoms with Crippen LogP contribution in [0, 0.1) is 11.8 Å². The van der Waals surface area contributed by atoms with Crippen LogP contribution in [0.1, 0.15) is 25.3 Å². The lowest BCUT2D eigenvalue weighted by molar-refractivity contribution is -0.157. The molecule has 92 valence electrons. The summed E-state index contributed by atoms with van der Waals surface area (Å²) in [6, 6.07) is 9.41.